The summed E-state index contributed by atoms with van der Waals surface area (Å²) in [5, 5.41) is 15.0. The van der Waals surface area contributed by atoms with Crippen molar-refractivity contribution in [1.29, 1.82) is 0 Å². The standard InChI is InChI=1S/C17H18F2N4O4S/c1-3-22(4-2)28(26,27)14-7-8-16(17(10-14)23(24)25)21-20-11-12-5-6-13(18)9-15(12)19/h5-11,21H,3-4H2,1-2H3/b20-11-. The molecule has 0 saturated carbocycles. The van der Waals surface area contributed by atoms with E-state index < -0.39 is 32.3 Å². The molecule has 28 heavy (non-hydrogen) atoms. The van der Waals surface area contributed by atoms with Crippen LogP contribution in [0.3, 0.4) is 0 Å². The Morgan fingerprint density at radius 2 is 1.86 bits per heavy atom. The molecule has 8 nitrogen and oxygen atoms in total. The molecule has 0 unspecified atom stereocenters. The molecular formula is C17H18F2N4O4S. The normalized spacial score (nSPS) is 11.9. The first-order chi connectivity index (χ1) is 13.2. The van der Waals surface area contributed by atoms with E-state index in [1.54, 1.807) is 13.8 Å². The van der Waals surface area contributed by atoms with E-state index in [4.69, 9.17) is 0 Å². The molecule has 2 rings (SSSR count). The third-order valence-electron chi connectivity index (χ3n) is 3.86. The molecule has 150 valence electrons. The van der Waals surface area contributed by atoms with Crippen LogP contribution in [0.25, 0.3) is 0 Å². The third kappa shape index (κ3) is 4.67. The molecule has 0 spiro atoms. The van der Waals surface area contributed by atoms with Crippen molar-refractivity contribution in [2.75, 3.05) is 18.5 Å². The minimum absolute atomic E-state index is 0.0303. The van der Waals surface area contributed by atoms with E-state index >= 15 is 0 Å². The van der Waals surface area contributed by atoms with Gasteiger partial charge in [-0.1, -0.05) is 13.8 Å². The second-order valence-electron chi connectivity index (χ2n) is 5.56. The van der Waals surface area contributed by atoms with Gasteiger partial charge in [-0.3, -0.25) is 15.5 Å². The molecule has 0 atom stereocenters. The van der Waals surface area contributed by atoms with Gasteiger partial charge < -0.3 is 0 Å². The van der Waals surface area contributed by atoms with Crippen molar-refractivity contribution in [2.24, 2.45) is 5.10 Å². The van der Waals surface area contributed by atoms with Crippen LogP contribution in [0.1, 0.15) is 19.4 Å². The van der Waals surface area contributed by atoms with Gasteiger partial charge in [0.05, 0.1) is 16.0 Å². The summed E-state index contributed by atoms with van der Waals surface area (Å²) in [5.41, 5.74) is 1.76. The molecule has 0 bridgehead atoms. The summed E-state index contributed by atoms with van der Waals surface area (Å²) in [6.45, 7) is 3.77. The highest BCUT2D eigenvalue weighted by Gasteiger charge is 2.25. The molecule has 0 heterocycles. The highest BCUT2D eigenvalue weighted by Crippen LogP contribution is 2.29. The number of sulfonamides is 1. The predicted molar refractivity (Wildman–Crippen MR) is 101 cm³/mol. The third-order valence-corrected chi connectivity index (χ3v) is 5.91. The Labute approximate surface area is 160 Å². The smallest absolute Gasteiger partial charge is 0.272 e. The van der Waals surface area contributed by atoms with Crippen LogP contribution in [0.4, 0.5) is 20.2 Å². The summed E-state index contributed by atoms with van der Waals surface area (Å²) < 4.78 is 52.7. The van der Waals surface area contributed by atoms with Crippen molar-refractivity contribution in [3.63, 3.8) is 0 Å². The monoisotopic (exact) mass is 412 g/mol. The van der Waals surface area contributed by atoms with Gasteiger partial charge in [-0.15, -0.1) is 0 Å². The van der Waals surface area contributed by atoms with E-state index in [2.05, 4.69) is 10.5 Å². The summed E-state index contributed by atoms with van der Waals surface area (Å²) >= 11 is 0. The van der Waals surface area contributed by atoms with Crippen LogP contribution in [0.2, 0.25) is 0 Å². The van der Waals surface area contributed by atoms with Gasteiger partial charge in [0.25, 0.3) is 5.69 Å². The first kappa shape index (κ1) is 21.4. The van der Waals surface area contributed by atoms with Crippen LogP contribution in [0.15, 0.2) is 46.4 Å². The van der Waals surface area contributed by atoms with Gasteiger partial charge in [0.15, 0.2) is 0 Å². The van der Waals surface area contributed by atoms with Crippen LogP contribution in [-0.2, 0) is 10.0 Å². The van der Waals surface area contributed by atoms with Gasteiger partial charge in [-0.25, -0.2) is 17.2 Å². The first-order valence-corrected chi connectivity index (χ1v) is 9.67. The maximum absolute atomic E-state index is 13.6. The number of benzene rings is 2. The summed E-state index contributed by atoms with van der Waals surface area (Å²) in [6.07, 6.45) is 1.03. The molecule has 0 aliphatic carbocycles. The Kier molecular flexibility index (Phi) is 6.75. The van der Waals surface area contributed by atoms with Crippen LogP contribution in [0, 0.1) is 21.7 Å². The lowest BCUT2D eigenvalue weighted by atomic mass is 10.2. The molecule has 0 aromatic heterocycles. The minimum atomic E-state index is -3.87. The first-order valence-electron chi connectivity index (χ1n) is 8.23. The van der Waals surface area contributed by atoms with Gasteiger partial charge in [0.2, 0.25) is 10.0 Å². The number of rotatable bonds is 8. The lowest BCUT2D eigenvalue weighted by Crippen LogP contribution is -2.30. The second kappa shape index (κ2) is 8.85. The Bertz CT molecular complexity index is 1010. The molecule has 0 radical (unpaired) electrons. The zero-order valence-electron chi connectivity index (χ0n) is 15.1. The zero-order valence-corrected chi connectivity index (χ0v) is 15.9. The molecule has 0 fully saturated rings. The minimum Gasteiger partial charge on any atom is -0.272 e. The maximum atomic E-state index is 13.6. The van der Waals surface area contributed by atoms with Crippen LogP contribution in [0.5, 0.6) is 0 Å². The summed E-state index contributed by atoms with van der Waals surface area (Å²) in [4.78, 5) is 10.4. The zero-order chi connectivity index (χ0) is 20.9. The highest BCUT2D eigenvalue weighted by atomic mass is 32.2. The topological polar surface area (TPSA) is 105 Å². The fraction of sp³-hybridized carbons (Fsp3) is 0.235. The molecule has 1 N–H and O–H groups in total. The van der Waals surface area contributed by atoms with E-state index in [9.17, 15) is 27.3 Å². The number of hydrazone groups is 1. The molecule has 11 heteroatoms. The van der Waals surface area contributed by atoms with Gasteiger partial charge in [0, 0.05) is 30.8 Å². The average Bonchev–Trinajstić information content (AvgIpc) is 2.64. The molecule has 2 aromatic rings. The van der Waals surface area contributed by atoms with Gasteiger partial charge in [-0.05, 0) is 24.3 Å². The molecule has 0 aliphatic heterocycles. The Balaban J connectivity index is 2.33. The maximum Gasteiger partial charge on any atom is 0.295 e. The van der Waals surface area contributed by atoms with Crippen molar-refractivity contribution in [1.82, 2.24) is 4.31 Å². The highest BCUT2D eigenvalue weighted by molar-refractivity contribution is 7.89. The van der Waals surface area contributed by atoms with E-state index in [1.807, 2.05) is 0 Å². The Hall–Kier alpha value is -2.92. The van der Waals surface area contributed by atoms with E-state index in [-0.39, 0.29) is 29.2 Å². The summed E-state index contributed by atoms with van der Waals surface area (Å²) in [5.74, 6) is -1.59. The van der Waals surface area contributed by atoms with Gasteiger partial charge in [-0.2, -0.15) is 9.41 Å². The molecular weight excluding hydrogens is 394 g/mol. The van der Waals surface area contributed by atoms with E-state index in [0.717, 1.165) is 24.4 Å². The van der Waals surface area contributed by atoms with Crippen LogP contribution in [-0.4, -0.2) is 37.0 Å². The lowest BCUT2D eigenvalue weighted by molar-refractivity contribution is -0.384. The van der Waals surface area contributed by atoms with Crippen LogP contribution < -0.4 is 5.43 Å². The number of halogens is 2. The Morgan fingerprint density at radius 3 is 2.43 bits per heavy atom. The van der Waals surface area contributed by atoms with E-state index in [1.165, 1.54) is 16.4 Å². The summed E-state index contributed by atoms with van der Waals surface area (Å²) in [7, 11) is -3.87. The fourth-order valence-corrected chi connectivity index (χ4v) is 3.89. The number of nitrogens with zero attached hydrogens (tertiary/aromatic N) is 3. The lowest BCUT2D eigenvalue weighted by Gasteiger charge is -2.18. The van der Waals surface area contributed by atoms with Crippen molar-refractivity contribution in [3.8, 4) is 0 Å². The average molecular weight is 412 g/mol. The number of nitrogens with one attached hydrogen (secondary N) is 1. The van der Waals surface area contributed by atoms with Crippen molar-refractivity contribution in [3.05, 3.63) is 63.7 Å². The number of hydrogen-bond donors (Lipinski definition) is 1. The molecule has 0 aliphatic rings. The van der Waals surface area contributed by atoms with Crippen molar-refractivity contribution < 1.29 is 22.1 Å². The molecule has 2 aromatic carbocycles. The van der Waals surface area contributed by atoms with Gasteiger partial charge in [0.1, 0.15) is 17.3 Å². The van der Waals surface area contributed by atoms with Gasteiger partial charge >= 0.3 is 0 Å². The number of hydrogen-bond acceptors (Lipinski definition) is 6. The second-order valence-corrected chi connectivity index (χ2v) is 7.50. The molecule has 0 amide bonds. The largest absolute Gasteiger partial charge is 0.295 e. The predicted octanol–water partition coefficient (Wildman–Crippen LogP) is 3.35. The fourth-order valence-electron chi connectivity index (χ4n) is 2.41. The Morgan fingerprint density at radius 1 is 1.18 bits per heavy atom. The number of nitro benzene ring substituents is 1. The van der Waals surface area contributed by atoms with E-state index in [0.29, 0.717) is 6.07 Å². The van der Waals surface area contributed by atoms with Crippen molar-refractivity contribution in [2.45, 2.75) is 18.7 Å². The number of anilines is 1. The number of nitro groups is 1. The van der Waals surface area contributed by atoms with Crippen LogP contribution >= 0.6 is 0 Å². The SMILES string of the molecule is CCN(CC)S(=O)(=O)c1ccc(N/N=C\c2ccc(F)cc2F)c([N+](=O)[O-])c1. The van der Waals surface area contributed by atoms with Crippen molar-refractivity contribution >= 4 is 27.6 Å². The quantitative estimate of drug-likeness (QED) is 0.407. The summed E-state index contributed by atoms with van der Waals surface area (Å²) in [6, 6.07) is 6.23. The molecule has 0 saturated heterocycles.